The van der Waals surface area contributed by atoms with Crippen LogP contribution in [0.4, 0.5) is 0 Å². The van der Waals surface area contributed by atoms with E-state index in [1.54, 1.807) is 6.08 Å². The Morgan fingerprint density at radius 3 is 2.30 bits per heavy atom. The molecule has 0 saturated heterocycles. The Balaban J connectivity index is 2.13. The molecular weight excluding hydrogens is 248 g/mol. The Hall–Kier alpha value is -1.70. The maximum Gasteiger partial charge on any atom is 0.160 e. The molecule has 0 amide bonds. The van der Waals surface area contributed by atoms with Crippen LogP contribution >= 0.6 is 0 Å². The van der Waals surface area contributed by atoms with Gasteiger partial charge in [-0.3, -0.25) is 9.59 Å². The predicted octanol–water partition coefficient (Wildman–Crippen LogP) is 3.66. The van der Waals surface area contributed by atoms with Crippen molar-refractivity contribution >= 4 is 17.1 Å². The van der Waals surface area contributed by atoms with Crippen molar-refractivity contribution in [3.63, 3.8) is 0 Å². The molecule has 0 bridgehead atoms. The molecule has 1 aromatic rings. The van der Waals surface area contributed by atoms with Gasteiger partial charge in [-0.05, 0) is 22.6 Å². The Morgan fingerprint density at radius 2 is 1.65 bits per heavy atom. The van der Waals surface area contributed by atoms with Crippen LogP contribution in [0.25, 0.3) is 5.57 Å². The van der Waals surface area contributed by atoms with Gasteiger partial charge >= 0.3 is 0 Å². The Morgan fingerprint density at radius 1 is 1.00 bits per heavy atom. The van der Waals surface area contributed by atoms with E-state index in [2.05, 4.69) is 6.92 Å². The van der Waals surface area contributed by atoms with Gasteiger partial charge in [0, 0.05) is 24.2 Å². The van der Waals surface area contributed by atoms with Gasteiger partial charge in [-0.15, -0.1) is 0 Å². The molecule has 2 heteroatoms. The van der Waals surface area contributed by atoms with Crippen molar-refractivity contribution in [2.75, 3.05) is 0 Å². The molecule has 0 spiro atoms. The van der Waals surface area contributed by atoms with Gasteiger partial charge in [0.05, 0.1) is 0 Å². The number of fused-ring (bicyclic) bond motifs is 1. The summed E-state index contributed by atoms with van der Waals surface area (Å²) in [5, 5.41) is 0. The zero-order valence-corrected chi connectivity index (χ0v) is 12.3. The van der Waals surface area contributed by atoms with Crippen molar-refractivity contribution < 1.29 is 9.59 Å². The fraction of sp³-hybridized carbons (Fsp3) is 0.444. The van der Waals surface area contributed by atoms with E-state index in [4.69, 9.17) is 0 Å². The van der Waals surface area contributed by atoms with Gasteiger partial charge in [0.1, 0.15) is 5.78 Å². The zero-order valence-electron chi connectivity index (χ0n) is 12.3. The molecular formula is C18H20O2. The number of allylic oxidation sites excluding steroid dienone is 2. The van der Waals surface area contributed by atoms with Crippen LogP contribution in [0.2, 0.25) is 0 Å². The second-order valence-corrected chi connectivity index (χ2v) is 7.06. The summed E-state index contributed by atoms with van der Waals surface area (Å²) in [5.74, 6) is 0.372. The molecule has 2 aliphatic rings. The molecule has 20 heavy (non-hydrogen) atoms. The summed E-state index contributed by atoms with van der Waals surface area (Å²) in [6.45, 7) is 6.18. The highest BCUT2D eigenvalue weighted by Gasteiger charge is 2.57. The molecule has 2 nitrogen and oxygen atoms in total. The van der Waals surface area contributed by atoms with Crippen molar-refractivity contribution in [3.05, 3.63) is 42.0 Å². The molecule has 0 N–H and O–H groups in total. The quantitative estimate of drug-likeness (QED) is 0.779. The Bertz CT molecular complexity index is 610. The van der Waals surface area contributed by atoms with Crippen LogP contribution in [0, 0.1) is 16.7 Å². The highest BCUT2D eigenvalue weighted by Crippen LogP contribution is 2.59. The van der Waals surface area contributed by atoms with E-state index in [0.29, 0.717) is 12.8 Å². The summed E-state index contributed by atoms with van der Waals surface area (Å²) in [5.41, 5.74) is 1.50. The lowest BCUT2D eigenvalue weighted by molar-refractivity contribution is -0.135. The molecule has 1 saturated carbocycles. The van der Waals surface area contributed by atoms with Crippen LogP contribution in [-0.2, 0) is 9.59 Å². The van der Waals surface area contributed by atoms with E-state index in [9.17, 15) is 9.59 Å². The molecule has 0 heterocycles. The van der Waals surface area contributed by atoms with Gasteiger partial charge in [0.2, 0.25) is 0 Å². The minimum Gasteiger partial charge on any atom is -0.300 e. The lowest BCUT2D eigenvalue weighted by Crippen LogP contribution is -2.46. The third kappa shape index (κ3) is 1.78. The number of rotatable bonds is 1. The van der Waals surface area contributed by atoms with E-state index in [0.717, 1.165) is 11.1 Å². The van der Waals surface area contributed by atoms with Gasteiger partial charge < -0.3 is 0 Å². The highest BCUT2D eigenvalue weighted by atomic mass is 16.1. The number of Topliss-reactive ketones (excluding diaryl/α,β-unsaturated/α-hetero) is 1. The summed E-state index contributed by atoms with van der Waals surface area (Å²) in [6, 6.07) is 9.98. The molecule has 0 radical (unpaired) electrons. The van der Waals surface area contributed by atoms with Crippen LogP contribution in [-0.4, -0.2) is 11.6 Å². The SMILES string of the molecule is CC1(C)CC(=O)C[C@]2(C)C(c3ccccc3)=CC(=O)[C@H]12. The third-order valence-electron chi connectivity index (χ3n) is 4.91. The van der Waals surface area contributed by atoms with Crippen LogP contribution in [0.5, 0.6) is 0 Å². The van der Waals surface area contributed by atoms with E-state index in [-0.39, 0.29) is 28.3 Å². The lowest BCUT2D eigenvalue weighted by Gasteiger charge is -2.46. The maximum absolute atomic E-state index is 12.5. The largest absolute Gasteiger partial charge is 0.300 e. The lowest BCUT2D eigenvalue weighted by atomic mass is 9.55. The van der Waals surface area contributed by atoms with Gasteiger partial charge in [0.15, 0.2) is 5.78 Å². The summed E-state index contributed by atoms with van der Waals surface area (Å²) in [6.07, 6.45) is 2.77. The molecule has 0 unspecified atom stereocenters. The second-order valence-electron chi connectivity index (χ2n) is 7.06. The second kappa shape index (κ2) is 4.15. The molecule has 3 rings (SSSR count). The average molecular weight is 268 g/mol. The van der Waals surface area contributed by atoms with Gasteiger partial charge in [-0.2, -0.15) is 0 Å². The van der Waals surface area contributed by atoms with E-state index in [1.165, 1.54) is 0 Å². The minimum atomic E-state index is -0.350. The highest BCUT2D eigenvalue weighted by molar-refractivity contribution is 6.08. The van der Waals surface area contributed by atoms with Crippen LogP contribution in [0.1, 0.15) is 39.2 Å². The van der Waals surface area contributed by atoms with Crippen LogP contribution in [0.3, 0.4) is 0 Å². The number of benzene rings is 1. The number of hydrogen-bond donors (Lipinski definition) is 0. The van der Waals surface area contributed by atoms with Crippen molar-refractivity contribution in [2.45, 2.75) is 33.6 Å². The molecule has 0 aliphatic heterocycles. The summed E-state index contributed by atoms with van der Waals surface area (Å²) in [7, 11) is 0. The first kappa shape index (κ1) is 13.3. The Kier molecular flexibility index (Phi) is 2.75. The van der Waals surface area contributed by atoms with Crippen molar-refractivity contribution in [1.29, 1.82) is 0 Å². The van der Waals surface area contributed by atoms with Gasteiger partial charge in [0.25, 0.3) is 0 Å². The van der Waals surface area contributed by atoms with E-state index >= 15 is 0 Å². The van der Waals surface area contributed by atoms with Crippen molar-refractivity contribution in [3.8, 4) is 0 Å². The molecule has 104 valence electrons. The maximum atomic E-state index is 12.5. The predicted molar refractivity (Wildman–Crippen MR) is 79.0 cm³/mol. The smallest absolute Gasteiger partial charge is 0.160 e. The summed E-state index contributed by atoms with van der Waals surface area (Å²) < 4.78 is 0. The van der Waals surface area contributed by atoms with Crippen molar-refractivity contribution in [2.24, 2.45) is 16.7 Å². The van der Waals surface area contributed by atoms with Crippen LogP contribution in [0.15, 0.2) is 36.4 Å². The molecule has 0 aromatic heterocycles. The number of carbonyl (C=O) groups is 2. The normalized spacial score (nSPS) is 31.9. The number of carbonyl (C=O) groups excluding carboxylic acids is 2. The zero-order chi connectivity index (χ0) is 14.5. The fourth-order valence-electron chi connectivity index (χ4n) is 4.42. The molecule has 2 aliphatic carbocycles. The summed E-state index contributed by atoms with van der Waals surface area (Å²) in [4.78, 5) is 24.7. The first-order chi connectivity index (χ1) is 9.34. The monoisotopic (exact) mass is 268 g/mol. The fourth-order valence-corrected chi connectivity index (χ4v) is 4.42. The summed E-state index contributed by atoms with van der Waals surface area (Å²) >= 11 is 0. The van der Waals surface area contributed by atoms with Crippen LogP contribution < -0.4 is 0 Å². The molecule has 2 atom stereocenters. The average Bonchev–Trinajstić information content (AvgIpc) is 2.61. The van der Waals surface area contributed by atoms with E-state index in [1.807, 2.05) is 44.2 Å². The standard InChI is InChI=1S/C18H20O2/c1-17(2)10-13(19)11-18(3)14(9-15(20)16(17)18)12-7-5-4-6-8-12/h4-9,16H,10-11H2,1-3H3/t16-,18-/m1/s1. The third-order valence-corrected chi connectivity index (χ3v) is 4.91. The first-order valence-corrected chi connectivity index (χ1v) is 7.18. The number of hydrogen-bond acceptors (Lipinski definition) is 2. The topological polar surface area (TPSA) is 34.1 Å². The van der Waals surface area contributed by atoms with Crippen molar-refractivity contribution in [1.82, 2.24) is 0 Å². The Labute approximate surface area is 119 Å². The first-order valence-electron chi connectivity index (χ1n) is 7.18. The van der Waals surface area contributed by atoms with Gasteiger partial charge in [-0.1, -0.05) is 51.1 Å². The van der Waals surface area contributed by atoms with Gasteiger partial charge in [-0.25, -0.2) is 0 Å². The van der Waals surface area contributed by atoms with E-state index < -0.39 is 0 Å². The molecule has 1 aromatic carbocycles. The minimum absolute atomic E-state index is 0.0806. The number of ketones is 2. The molecule has 1 fully saturated rings.